The van der Waals surface area contributed by atoms with Crippen molar-refractivity contribution in [2.24, 2.45) is 13.0 Å². The van der Waals surface area contributed by atoms with E-state index in [1.165, 1.54) is 48.2 Å². The summed E-state index contributed by atoms with van der Waals surface area (Å²) in [4.78, 5) is 2.59. The lowest BCUT2D eigenvalue weighted by Gasteiger charge is -2.33. The van der Waals surface area contributed by atoms with Gasteiger partial charge in [0, 0.05) is 20.1 Å². The second kappa shape index (κ2) is 8.30. The molecule has 0 aromatic carbocycles. The van der Waals surface area contributed by atoms with Crippen LogP contribution in [0.5, 0.6) is 0 Å². The maximum Gasteiger partial charge on any atom is 0.0767 e. The van der Waals surface area contributed by atoms with Crippen LogP contribution in [0, 0.1) is 5.92 Å². The Balaban J connectivity index is 1.92. The molecular formula is C16H29BrN4. The van der Waals surface area contributed by atoms with Crippen molar-refractivity contribution in [1.29, 1.82) is 0 Å². The molecule has 21 heavy (non-hydrogen) atoms. The van der Waals surface area contributed by atoms with Crippen LogP contribution < -0.4 is 5.32 Å². The quantitative estimate of drug-likeness (QED) is 0.762. The molecule has 1 saturated heterocycles. The van der Waals surface area contributed by atoms with Gasteiger partial charge in [-0.25, -0.2) is 0 Å². The van der Waals surface area contributed by atoms with Crippen LogP contribution in [0.2, 0.25) is 0 Å². The van der Waals surface area contributed by atoms with Crippen molar-refractivity contribution in [1.82, 2.24) is 20.0 Å². The molecule has 1 aromatic heterocycles. The van der Waals surface area contributed by atoms with Crippen molar-refractivity contribution in [3.05, 3.63) is 15.9 Å². The molecule has 0 amide bonds. The van der Waals surface area contributed by atoms with E-state index in [2.05, 4.69) is 52.1 Å². The van der Waals surface area contributed by atoms with Gasteiger partial charge in [0.05, 0.1) is 15.9 Å². The second-order valence-corrected chi connectivity index (χ2v) is 6.93. The van der Waals surface area contributed by atoms with Crippen molar-refractivity contribution in [2.45, 2.75) is 46.1 Å². The van der Waals surface area contributed by atoms with Crippen molar-refractivity contribution in [3.63, 3.8) is 0 Å². The first-order valence-electron chi connectivity index (χ1n) is 8.29. The van der Waals surface area contributed by atoms with E-state index in [1.54, 1.807) is 0 Å². The lowest BCUT2D eigenvalue weighted by molar-refractivity contribution is 0.162. The van der Waals surface area contributed by atoms with E-state index in [0.29, 0.717) is 0 Å². The third kappa shape index (κ3) is 4.54. The summed E-state index contributed by atoms with van der Waals surface area (Å²) in [6, 6.07) is 0. The fraction of sp³-hybridized carbons (Fsp3) is 0.812. The molecule has 0 radical (unpaired) electrons. The van der Waals surface area contributed by atoms with Gasteiger partial charge in [-0.2, -0.15) is 5.10 Å². The summed E-state index contributed by atoms with van der Waals surface area (Å²) < 4.78 is 3.25. The Bertz CT molecular complexity index is 444. The van der Waals surface area contributed by atoms with E-state index < -0.39 is 0 Å². The van der Waals surface area contributed by atoms with Gasteiger partial charge in [-0.15, -0.1) is 0 Å². The molecule has 1 aromatic rings. The number of nitrogens with one attached hydrogen (secondary N) is 1. The summed E-state index contributed by atoms with van der Waals surface area (Å²) in [5.74, 6) is 0.794. The average molecular weight is 357 g/mol. The minimum atomic E-state index is 0.794. The summed E-state index contributed by atoms with van der Waals surface area (Å²) >= 11 is 3.73. The molecule has 0 bridgehead atoms. The summed E-state index contributed by atoms with van der Waals surface area (Å²) in [7, 11) is 2.06. The maximum absolute atomic E-state index is 4.60. The van der Waals surface area contributed by atoms with Gasteiger partial charge in [-0.05, 0) is 67.2 Å². The maximum atomic E-state index is 4.60. The first-order chi connectivity index (χ1) is 10.2. The van der Waals surface area contributed by atoms with Crippen LogP contribution in [0.25, 0.3) is 0 Å². The van der Waals surface area contributed by atoms with Crippen LogP contribution in [-0.4, -0.2) is 40.9 Å². The van der Waals surface area contributed by atoms with Crippen LogP contribution >= 0.6 is 15.9 Å². The monoisotopic (exact) mass is 356 g/mol. The molecule has 2 heterocycles. The minimum absolute atomic E-state index is 0.794. The Kier molecular flexibility index (Phi) is 6.71. The molecule has 0 spiro atoms. The van der Waals surface area contributed by atoms with Crippen LogP contribution in [0.4, 0.5) is 0 Å². The normalized spacial score (nSPS) is 20.1. The fourth-order valence-electron chi connectivity index (χ4n) is 3.15. The van der Waals surface area contributed by atoms with Crippen LogP contribution in [0.15, 0.2) is 4.47 Å². The Morgan fingerprint density at radius 3 is 2.86 bits per heavy atom. The Morgan fingerprint density at radius 1 is 1.38 bits per heavy atom. The van der Waals surface area contributed by atoms with Gasteiger partial charge in [0.1, 0.15) is 0 Å². The molecule has 2 rings (SSSR count). The number of aryl methyl sites for hydroxylation is 2. The summed E-state index contributed by atoms with van der Waals surface area (Å²) in [5.41, 5.74) is 2.49. The second-order valence-electron chi connectivity index (χ2n) is 6.13. The van der Waals surface area contributed by atoms with Crippen LogP contribution in [0.1, 0.15) is 44.5 Å². The van der Waals surface area contributed by atoms with Crippen molar-refractivity contribution in [2.75, 3.05) is 26.2 Å². The number of likely N-dealkylation sites (tertiary alicyclic amines) is 1. The molecule has 1 N–H and O–H groups in total. The summed E-state index contributed by atoms with van der Waals surface area (Å²) in [6.07, 6.45) is 4.88. The fourth-order valence-corrected chi connectivity index (χ4v) is 3.89. The average Bonchev–Trinajstić information content (AvgIpc) is 2.75. The number of hydrogen-bond donors (Lipinski definition) is 1. The molecule has 1 atom stereocenters. The number of piperidine rings is 1. The first-order valence-corrected chi connectivity index (χ1v) is 9.08. The highest BCUT2D eigenvalue weighted by atomic mass is 79.9. The lowest BCUT2D eigenvalue weighted by Crippen LogP contribution is -2.39. The highest BCUT2D eigenvalue weighted by molar-refractivity contribution is 9.10. The van der Waals surface area contributed by atoms with E-state index in [0.717, 1.165) is 32.0 Å². The smallest absolute Gasteiger partial charge is 0.0767 e. The molecule has 4 nitrogen and oxygen atoms in total. The number of rotatable bonds is 7. The predicted octanol–water partition coefficient (Wildman–Crippen LogP) is 2.96. The van der Waals surface area contributed by atoms with E-state index in [1.807, 2.05) is 4.68 Å². The van der Waals surface area contributed by atoms with E-state index >= 15 is 0 Å². The number of nitrogens with zero attached hydrogens (tertiary/aromatic N) is 3. The van der Waals surface area contributed by atoms with Crippen molar-refractivity contribution < 1.29 is 0 Å². The zero-order valence-electron chi connectivity index (χ0n) is 13.7. The third-order valence-corrected chi connectivity index (χ3v) is 5.25. The molecule has 0 aliphatic carbocycles. The Morgan fingerprint density at radius 2 is 2.19 bits per heavy atom. The SMILES string of the molecule is CCCNCC1CCCN(Cc2c(Br)c(CC)nn2C)C1. The zero-order valence-corrected chi connectivity index (χ0v) is 15.2. The molecular weight excluding hydrogens is 328 g/mol. The number of aromatic nitrogens is 2. The van der Waals surface area contributed by atoms with E-state index in [4.69, 9.17) is 0 Å². The van der Waals surface area contributed by atoms with E-state index in [-0.39, 0.29) is 0 Å². The van der Waals surface area contributed by atoms with Gasteiger partial charge in [0.25, 0.3) is 0 Å². The molecule has 120 valence electrons. The van der Waals surface area contributed by atoms with Crippen molar-refractivity contribution in [3.8, 4) is 0 Å². The largest absolute Gasteiger partial charge is 0.316 e. The summed E-state index contributed by atoms with van der Waals surface area (Å²) in [5, 5.41) is 8.18. The molecule has 0 saturated carbocycles. The molecule has 1 aliphatic rings. The van der Waals surface area contributed by atoms with Gasteiger partial charge in [0.15, 0.2) is 0 Å². The van der Waals surface area contributed by atoms with Gasteiger partial charge in [-0.1, -0.05) is 13.8 Å². The van der Waals surface area contributed by atoms with Crippen LogP contribution in [0.3, 0.4) is 0 Å². The van der Waals surface area contributed by atoms with Gasteiger partial charge < -0.3 is 5.32 Å². The van der Waals surface area contributed by atoms with E-state index in [9.17, 15) is 0 Å². The highest BCUT2D eigenvalue weighted by Gasteiger charge is 2.22. The molecule has 1 aliphatic heterocycles. The lowest BCUT2D eigenvalue weighted by atomic mass is 9.98. The van der Waals surface area contributed by atoms with Gasteiger partial charge in [0.2, 0.25) is 0 Å². The van der Waals surface area contributed by atoms with Crippen LogP contribution in [-0.2, 0) is 20.0 Å². The Hall–Kier alpha value is -0.390. The Labute approximate surface area is 137 Å². The topological polar surface area (TPSA) is 33.1 Å². The van der Waals surface area contributed by atoms with Crippen molar-refractivity contribution >= 4 is 15.9 Å². The van der Waals surface area contributed by atoms with Gasteiger partial charge in [-0.3, -0.25) is 9.58 Å². The minimum Gasteiger partial charge on any atom is -0.316 e. The molecule has 1 fully saturated rings. The number of hydrogen-bond acceptors (Lipinski definition) is 3. The predicted molar refractivity (Wildman–Crippen MR) is 91.4 cm³/mol. The zero-order chi connectivity index (χ0) is 15.2. The van der Waals surface area contributed by atoms with Gasteiger partial charge >= 0.3 is 0 Å². The number of halogens is 1. The molecule has 5 heteroatoms. The first kappa shape index (κ1) is 17.0. The third-order valence-electron chi connectivity index (χ3n) is 4.34. The highest BCUT2D eigenvalue weighted by Crippen LogP contribution is 2.25. The summed E-state index contributed by atoms with van der Waals surface area (Å²) in [6.45, 7) is 10.1. The standard InChI is InChI=1S/C16H29BrN4/c1-4-8-18-10-13-7-6-9-21(11-13)12-15-16(17)14(5-2)19-20(15)3/h13,18H,4-12H2,1-3H3. The molecule has 1 unspecified atom stereocenters.